The highest BCUT2D eigenvalue weighted by Gasteiger charge is 2.24. The highest BCUT2D eigenvalue weighted by Crippen LogP contribution is 2.38. The molecule has 1 N–H and O–H groups in total. The first-order chi connectivity index (χ1) is 9.85. The summed E-state index contributed by atoms with van der Waals surface area (Å²) in [5.74, 6) is 1.65. The van der Waals surface area contributed by atoms with Crippen LogP contribution in [0.3, 0.4) is 0 Å². The zero-order valence-corrected chi connectivity index (χ0v) is 11.8. The minimum atomic E-state index is 0.0362. The Labute approximate surface area is 118 Å². The van der Waals surface area contributed by atoms with Crippen molar-refractivity contribution in [2.24, 2.45) is 0 Å². The van der Waals surface area contributed by atoms with E-state index in [0.29, 0.717) is 13.2 Å². The van der Waals surface area contributed by atoms with Crippen molar-refractivity contribution >= 4 is 0 Å². The zero-order chi connectivity index (χ0) is 13.9. The van der Waals surface area contributed by atoms with Crippen LogP contribution in [0.2, 0.25) is 0 Å². The van der Waals surface area contributed by atoms with Crippen LogP contribution in [0.4, 0.5) is 0 Å². The minimum absolute atomic E-state index is 0.0362. The molecule has 0 saturated heterocycles. The fourth-order valence-electron chi connectivity index (χ4n) is 2.64. The summed E-state index contributed by atoms with van der Waals surface area (Å²) in [6.07, 6.45) is 1.83. The van der Waals surface area contributed by atoms with Gasteiger partial charge in [-0.05, 0) is 26.1 Å². The number of aromatic nitrogens is 2. The van der Waals surface area contributed by atoms with E-state index in [4.69, 9.17) is 9.47 Å². The summed E-state index contributed by atoms with van der Waals surface area (Å²) in [4.78, 5) is 0. The van der Waals surface area contributed by atoms with Crippen LogP contribution >= 0.6 is 0 Å². The minimum Gasteiger partial charge on any atom is -0.486 e. The molecule has 3 rings (SSSR count). The number of ether oxygens (including phenoxy) is 2. The zero-order valence-electron chi connectivity index (χ0n) is 11.8. The topological polar surface area (TPSA) is 48.3 Å². The van der Waals surface area contributed by atoms with Crippen LogP contribution in [-0.4, -0.2) is 30.0 Å². The second-order valence-electron chi connectivity index (χ2n) is 4.66. The van der Waals surface area contributed by atoms with Crippen LogP contribution in [0.5, 0.6) is 11.5 Å². The van der Waals surface area contributed by atoms with Crippen molar-refractivity contribution in [2.75, 3.05) is 20.3 Å². The van der Waals surface area contributed by atoms with Crippen molar-refractivity contribution in [3.63, 3.8) is 0 Å². The van der Waals surface area contributed by atoms with Gasteiger partial charge in [0.15, 0.2) is 11.5 Å². The molecule has 2 aromatic rings. The summed E-state index contributed by atoms with van der Waals surface area (Å²) in [5, 5.41) is 7.69. The molecule has 0 fully saturated rings. The first-order valence-corrected chi connectivity index (χ1v) is 6.92. The van der Waals surface area contributed by atoms with Crippen LogP contribution in [0.1, 0.15) is 24.2 Å². The molecule has 0 amide bonds. The normalized spacial score (nSPS) is 15.1. The molecule has 1 unspecified atom stereocenters. The maximum atomic E-state index is 5.81. The molecule has 0 bridgehead atoms. The Kier molecular flexibility index (Phi) is 3.60. The lowest BCUT2D eigenvalue weighted by molar-refractivity contribution is 0.169. The molecule has 0 spiro atoms. The van der Waals surface area contributed by atoms with Gasteiger partial charge in [-0.3, -0.25) is 4.68 Å². The van der Waals surface area contributed by atoms with E-state index >= 15 is 0 Å². The number of nitrogens with zero attached hydrogens (tertiary/aromatic N) is 2. The fourth-order valence-corrected chi connectivity index (χ4v) is 2.64. The first-order valence-electron chi connectivity index (χ1n) is 6.92. The quantitative estimate of drug-likeness (QED) is 0.925. The number of hydrogen-bond acceptors (Lipinski definition) is 4. The van der Waals surface area contributed by atoms with E-state index in [1.54, 1.807) is 0 Å². The van der Waals surface area contributed by atoms with Gasteiger partial charge >= 0.3 is 0 Å². The Morgan fingerprint density at radius 3 is 2.95 bits per heavy atom. The molecule has 5 heteroatoms. The summed E-state index contributed by atoms with van der Waals surface area (Å²) in [6.45, 7) is 4.12. The highest BCUT2D eigenvalue weighted by atomic mass is 16.6. The number of para-hydroxylation sites is 1. The lowest BCUT2D eigenvalue weighted by atomic mass is 10.0. The summed E-state index contributed by atoms with van der Waals surface area (Å²) in [5.41, 5.74) is 2.21. The van der Waals surface area contributed by atoms with Crippen LogP contribution in [-0.2, 0) is 6.54 Å². The third-order valence-electron chi connectivity index (χ3n) is 3.54. The van der Waals surface area contributed by atoms with Crippen LogP contribution in [0.25, 0.3) is 0 Å². The highest BCUT2D eigenvalue weighted by molar-refractivity contribution is 5.50. The third-order valence-corrected chi connectivity index (χ3v) is 3.54. The number of benzene rings is 1. The number of aryl methyl sites for hydroxylation is 1. The van der Waals surface area contributed by atoms with Gasteiger partial charge in [0.2, 0.25) is 0 Å². The molecule has 1 atom stereocenters. The number of fused-ring (bicyclic) bond motifs is 1. The van der Waals surface area contributed by atoms with Gasteiger partial charge < -0.3 is 14.8 Å². The molecule has 2 heterocycles. The van der Waals surface area contributed by atoms with Crippen molar-refractivity contribution in [3.05, 3.63) is 41.7 Å². The van der Waals surface area contributed by atoms with Gasteiger partial charge in [0, 0.05) is 18.3 Å². The number of rotatable bonds is 4. The largest absolute Gasteiger partial charge is 0.486 e. The van der Waals surface area contributed by atoms with Crippen molar-refractivity contribution in [1.82, 2.24) is 15.1 Å². The fraction of sp³-hybridized carbons (Fsp3) is 0.400. The Hall–Kier alpha value is -2.01. The number of nitrogens with one attached hydrogen (secondary N) is 1. The van der Waals surface area contributed by atoms with Gasteiger partial charge in [-0.15, -0.1) is 0 Å². The Bertz CT molecular complexity index is 595. The Balaban J connectivity index is 2.06. The molecule has 5 nitrogen and oxygen atoms in total. The molecule has 1 aromatic heterocycles. The molecule has 1 aromatic carbocycles. The molecule has 1 aliphatic heterocycles. The number of hydrogen-bond donors (Lipinski definition) is 1. The van der Waals surface area contributed by atoms with Gasteiger partial charge in [-0.1, -0.05) is 12.1 Å². The third kappa shape index (κ3) is 2.14. The molecular weight excluding hydrogens is 254 g/mol. The molecule has 0 radical (unpaired) electrons. The molecule has 0 saturated carbocycles. The van der Waals surface area contributed by atoms with E-state index in [0.717, 1.165) is 29.3 Å². The van der Waals surface area contributed by atoms with Gasteiger partial charge in [0.05, 0.1) is 11.7 Å². The van der Waals surface area contributed by atoms with Gasteiger partial charge in [-0.2, -0.15) is 5.10 Å². The van der Waals surface area contributed by atoms with E-state index in [2.05, 4.69) is 23.4 Å². The van der Waals surface area contributed by atoms with E-state index in [1.807, 2.05) is 36.1 Å². The van der Waals surface area contributed by atoms with Gasteiger partial charge in [0.25, 0.3) is 0 Å². The van der Waals surface area contributed by atoms with Crippen LogP contribution < -0.4 is 14.8 Å². The predicted octanol–water partition coefficient (Wildman–Crippen LogP) is 1.98. The average Bonchev–Trinajstić information content (AvgIpc) is 2.97. The first kappa shape index (κ1) is 13.0. The van der Waals surface area contributed by atoms with E-state index in [1.165, 1.54) is 0 Å². The monoisotopic (exact) mass is 273 g/mol. The summed E-state index contributed by atoms with van der Waals surface area (Å²) < 4.78 is 13.5. The predicted molar refractivity (Wildman–Crippen MR) is 76.2 cm³/mol. The average molecular weight is 273 g/mol. The maximum Gasteiger partial charge on any atom is 0.166 e. The van der Waals surface area contributed by atoms with Crippen molar-refractivity contribution in [2.45, 2.75) is 19.5 Å². The second kappa shape index (κ2) is 5.54. The summed E-state index contributed by atoms with van der Waals surface area (Å²) in [7, 11) is 1.95. The Morgan fingerprint density at radius 2 is 2.15 bits per heavy atom. The van der Waals surface area contributed by atoms with E-state index in [-0.39, 0.29) is 6.04 Å². The van der Waals surface area contributed by atoms with Crippen LogP contribution in [0, 0.1) is 0 Å². The molecular formula is C15H19N3O2. The Morgan fingerprint density at radius 1 is 1.30 bits per heavy atom. The SMILES string of the molecule is CCn1nccc1C(NC)c1cccc2c1OCCO2. The molecule has 1 aliphatic rings. The second-order valence-corrected chi connectivity index (χ2v) is 4.66. The summed E-state index contributed by atoms with van der Waals surface area (Å²) >= 11 is 0. The molecule has 20 heavy (non-hydrogen) atoms. The van der Waals surface area contributed by atoms with Gasteiger partial charge in [-0.25, -0.2) is 0 Å². The molecule has 0 aliphatic carbocycles. The lowest BCUT2D eigenvalue weighted by Gasteiger charge is -2.25. The van der Waals surface area contributed by atoms with E-state index < -0.39 is 0 Å². The van der Waals surface area contributed by atoms with Crippen molar-refractivity contribution in [3.8, 4) is 11.5 Å². The van der Waals surface area contributed by atoms with Crippen LogP contribution in [0.15, 0.2) is 30.5 Å². The smallest absolute Gasteiger partial charge is 0.166 e. The maximum absolute atomic E-state index is 5.81. The van der Waals surface area contributed by atoms with Crippen molar-refractivity contribution in [1.29, 1.82) is 0 Å². The van der Waals surface area contributed by atoms with E-state index in [9.17, 15) is 0 Å². The standard InChI is InChI=1S/C15H19N3O2/c1-3-18-12(7-8-17-18)14(16-2)11-5-4-6-13-15(11)20-10-9-19-13/h4-8,14,16H,3,9-10H2,1-2H3. The van der Waals surface area contributed by atoms with Crippen molar-refractivity contribution < 1.29 is 9.47 Å². The lowest BCUT2D eigenvalue weighted by Crippen LogP contribution is -2.24. The van der Waals surface area contributed by atoms with Gasteiger partial charge in [0.1, 0.15) is 13.2 Å². The molecule has 106 valence electrons. The summed E-state index contributed by atoms with van der Waals surface area (Å²) in [6, 6.07) is 8.09.